The second-order valence-electron chi connectivity index (χ2n) is 8.62. The minimum absolute atomic E-state index is 0.0472. The number of thioether (sulfide) groups is 1. The highest BCUT2D eigenvalue weighted by Crippen LogP contribution is 2.33. The molecule has 9 nitrogen and oxygen atoms in total. The number of piperazine rings is 1. The smallest absolute Gasteiger partial charge is 0.288 e. The molecule has 1 aliphatic heterocycles. The first-order chi connectivity index (χ1) is 17.4. The molecule has 0 radical (unpaired) electrons. The van der Waals surface area contributed by atoms with Crippen molar-refractivity contribution in [1.29, 1.82) is 0 Å². The van der Waals surface area contributed by atoms with Crippen molar-refractivity contribution in [3.63, 3.8) is 0 Å². The lowest BCUT2D eigenvalue weighted by atomic mass is 10.2. The van der Waals surface area contributed by atoms with Crippen molar-refractivity contribution in [2.75, 3.05) is 55.8 Å². The summed E-state index contributed by atoms with van der Waals surface area (Å²) in [5.74, 6) is 0.515. The van der Waals surface area contributed by atoms with E-state index in [1.807, 2.05) is 49.1 Å². The van der Waals surface area contributed by atoms with Crippen LogP contribution in [-0.4, -0.2) is 78.0 Å². The fourth-order valence-electron chi connectivity index (χ4n) is 3.69. The number of rotatable bonds is 9. The highest BCUT2D eigenvalue weighted by Gasteiger charge is 2.16. The number of carbonyl (C=O) groups is 2. The van der Waals surface area contributed by atoms with E-state index < -0.39 is 5.91 Å². The van der Waals surface area contributed by atoms with Crippen molar-refractivity contribution in [3.8, 4) is 0 Å². The number of amides is 2. The van der Waals surface area contributed by atoms with Gasteiger partial charge in [0, 0.05) is 43.8 Å². The van der Waals surface area contributed by atoms with Crippen molar-refractivity contribution in [2.45, 2.75) is 24.8 Å². The van der Waals surface area contributed by atoms with Gasteiger partial charge in [-0.15, -0.1) is 16.9 Å². The molecule has 0 spiro atoms. The van der Waals surface area contributed by atoms with Gasteiger partial charge in [0.25, 0.3) is 5.91 Å². The number of benzene rings is 2. The van der Waals surface area contributed by atoms with Crippen molar-refractivity contribution < 1.29 is 9.59 Å². The van der Waals surface area contributed by atoms with Gasteiger partial charge < -0.3 is 20.4 Å². The molecular weight excluding hydrogens is 474 g/mol. The van der Waals surface area contributed by atoms with Crippen LogP contribution < -0.4 is 15.5 Å². The van der Waals surface area contributed by atoms with E-state index >= 15 is 0 Å². The topological polar surface area (TPSA) is 101 Å². The average Bonchev–Trinajstić information content (AvgIpc) is 3.37. The number of carbonyl (C=O) groups excluding carboxylic acids is 2. The number of aromatic nitrogens is 3. The third-order valence-corrected chi connectivity index (χ3v) is 7.02. The Morgan fingerprint density at radius 1 is 1.14 bits per heavy atom. The summed E-state index contributed by atoms with van der Waals surface area (Å²) in [4.78, 5) is 33.3. The minimum Gasteiger partial charge on any atom is -0.369 e. The predicted molar refractivity (Wildman–Crippen MR) is 146 cm³/mol. The summed E-state index contributed by atoms with van der Waals surface area (Å²) in [6.07, 6.45) is 3.52. The molecule has 2 heterocycles. The van der Waals surface area contributed by atoms with Crippen LogP contribution in [0.3, 0.4) is 0 Å². The second-order valence-corrected chi connectivity index (χ2v) is 9.76. The van der Waals surface area contributed by atoms with Crippen LogP contribution in [0.2, 0.25) is 0 Å². The van der Waals surface area contributed by atoms with Crippen molar-refractivity contribution >= 4 is 35.5 Å². The van der Waals surface area contributed by atoms with Gasteiger partial charge in [-0.25, -0.2) is 9.67 Å². The van der Waals surface area contributed by atoms with Gasteiger partial charge in [-0.05, 0) is 43.0 Å². The summed E-state index contributed by atoms with van der Waals surface area (Å²) in [7, 11) is 3.99. The highest BCUT2D eigenvalue weighted by molar-refractivity contribution is 7.99. The van der Waals surface area contributed by atoms with Crippen molar-refractivity contribution in [3.05, 3.63) is 66.2 Å². The zero-order valence-corrected chi connectivity index (χ0v) is 22.0. The summed E-state index contributed by atoms with van der Waals surface area (Å²) >= 11 is 1.82. The maximum Gasteiger partial charge on any atom is 0.288 e. The molecule has 2 aromatic carbocycles. The molecule has 0 saturated carbocycles. The third kappa shape index (κ3) is 7.82. The zero-order chi connectivity index (χ0) is 25.9. The van der Waals surface area contributed by atoms with Crippen LogP contribution in [0.1, 0.15) is 29.5 Å². The second kappa shape index (κ2) is 13.6. The molecule has 0 atom stereocenters. The molecule has 1 saturated heterocycles. The van der Waals surface area contributed by atoms with Gasteiger partial charge in [-0.3, -0.25) is 9.59 Å². The van der Waals surface area contributed by atoms with Crippen molar-refractivity contribution in [1.82, 2.24) is 19.7 Å². The van der Waals surface area contributed by atoms with Crippen LogP contribution in [-0.2, 0) is 11.3 Å². The molecule has 4 rings (SSSR count). The fraction of sp³-hybridized carbons (Fsp3) is 0.385. The Labute approximate surface area is 217 Å². The first-order valence-corrected chi connectivity index (χ1v) is 13.0. The van der Waals surface area contributed by atoms with Crippen LogP contribution >= 0.6 is 11.8 Å². The van der Waals surface area contributed by atoms with E-state index in [0.29, 0.717) is 6.54 Å². The Kier molecular flexibility index (Phi) is 10.3. The Hall–Kier alpha value is -3.37. The van der Waals surface area contributed by atoms with E-state index in [-0.39, 0.29) is 5.82 Å². The Morgan fingerprint density at radius 2 is 1.86 bits per heavy atom. The van der Waals surface area contributed by atoms with Gasteiger partial charge in [-0.2, -0.15) is 0 Å². The van der Waals surface area contributed by atoms with Gasteiger partial charge in [0.05, 0.1) is 12.2 Å². The van der Waals surface area contributed by atoms with Gasteiger partial charge >= 0.3 is 0 Å². The SMILES string of the molecule is CCCSc1ccc(N2CCN(C)CC2)cc1N(C)C=O.NC(=O)c1ncn(Cc2ccccc2)n1. The molecule has 0 unspecified atom stereocenters. The van der Waals surface area contributed by atoms with Gasteiger partial charge in [0.15, 0.2) is 0 Å². The number of likely N-dealkylation sites (N-methyl/N-ethyl adjacent to an activating group) is 1. The van der Waals surface area contributed by atoms with Crippen LogP contribution in [0.4, 0.5) is 11.4 Å². The van der Waals surface area contributed by atoms with Crippen LogP contribution in [0.15, 0.2) is 59.8 Å². The number of anilines is 2. The molecule has 2 amide bonds. The van der Waals surface area contributed by atoms with E-state index in [1.54, 1.807) is 9.58 Å². The summed E-state index contributed by atoms with van der Waals surface area (Å²) < 4.78 is 1.58. The van der Waals surface area contributed by atoms with E-state index in [2.05, 4.69) is 52.1 Å². The molecule has 0 aliphatic carbocycles. The molecule has 1 aromatic heterocycles. The lowest BCUT2D eigenvalue weighted by Gasteiger charge is -2.34. The standard InChI is InChI=1S/C16H25N3OS.C10H10N4O/c1-4-11-21-16-6-5-14(12-15(16)18(3)13-20)19-9-7-17(2)8-10-19;11-9(15)10-12-7-14(13-10)6-8-4-2-1-3-5-8/h5-6,12-13H,4,7-11H2,1-3H3;1-5,7H,6H2,(H2,11,15). The van der Waals surface area contributed by atoms with Crippen LogP contribution in [0.5, 0.6) is 0 Å². The number of nitrogens with zero attached hydrogens (tertiary/aromatic N) is 6. The van der Waals surface area contributed by atoms with Gasteiger partial charge in [-0.1, -0.05) is 37.3 Å². The maximum atomic E-state index is 11.2. The maximum absolute atomic E-state index is 11.2. The molecule has 10 heteroatoms. The lowest BCUT2D eigenvalue weighted by Crippen LogP contribution is -2.44. The van der Waals surface area contributed by atoms with Gasteiger partial charge in [0.2, 0.25) is 12.2 Å². The highest BCUT2D eigenvalue weighted by atomic mass is 32.2. The molecule has 0 bridgehead atoms. The largest absolute Gasteiger partial charge is 0.369 e. The van der Waals surface area contributed by atoms with Crippen LogP contribution in [0.25, 0.3) is 0 Å². The summed E-state index contributed by atoms with van der Waals surface area (Å²) in [5.41, 5.74) is 8.37. The van der Waals surface area contributed by atoms with E-state index in [0.717, 1.165) is 56.0 Å². The summed E-state index contributed by atoms with van der Waals surface area (Å²) in [5, 5.41) is 3.94. The number of hydrogen-bond acceptors (Lipinski definition) is 7. The first-order valence-electron chi connectivity index (χ1n) is 12.0. The Bertz CT molecular complexity index is 1110. The molecule has 1 fully saturated rings. The quantitative estimate of drug-likeness (QED) is 0.350. The molecule has 3 aromatic rings. The average molecular weight is 510 g/mol. The van der Waals surface area contributed by atoms with Crippen molar-refractivity contribution in [2.24, 2.45) is 5.73 Å². The molecule has 1 aliphatic rings. The minimum atomic E-state index is -0.609. The molecule has 192 valence electrons. The molecule has 36 heavy (non-hydrogen) atoms. The predicted octanol–water partition coefficient (Wildman–Crippen LogP) is 2.96. The summed E-state index contributed by atoms with van der Waals surface area (Å²) in [6.45, 7) is 7.02. The number of nitrogens with two attached hydrogens (primary N) is 1. The number of hydrogen-bond donors (Lipinski definition) is 1. The van der Waals surface area contributed by atoms with E-state index in [1.165, 1.54) is 16.9 Å². The lowest BCUT2D eigenvalue weighted by molar-refractivity contribution is -0.107. The fourth-order valence-corrected chi connectivity index (χ4v) is 4.63. The monoisotopic (exact) mass is 509 g/mol. The number of primary amides is 1. The molecular formula is C26H35N7O2S. The first kappa shape index (κ1) is 27.2. The Morgan fingerprint density at radius 3 is 2.47 bits per heavy atom. The Balaban J connectivity index is 0.000000212. The van der Waals surface area contributed by atoms with E-state index in [9.17, 15) is 9.59 Å². The summed E-state index contributed by atoms with van der Waals surface area (Å²) in [6, 6.07) is 16.3. The third-order valence-electron chi connectivity index (χ3n) is 5.75. The zero-order valence-electron chi connectivity index (χ0n) is 21.2. The van der Waals surface area contributed by atoms with Crippen LogP contribution in [0, 0.1) is 0 Å². The normalized spacial score (nSPS) is 13.6. The van der Waals surface area contributed by atoms with E-state index in [4.69, 9.17) is 5.73 Å². The molecule has 2 N–H and O–H groups in total. The van der Waals surface area contributed by atoms with Gasteiger partial charge in [0.1, 0.15) is 6.33 Å².